The number of fused-ring (bicyclic) bond motifs is 1. The Balaban J connectivity index is 2.72. The number of rotatable bonds is 1. The first-order chi connectivity index (χ1) is 7.38. The van der Waals surface area contributed by atoms with Crippen LogP contribution in [-0.2, 0) is 5.41 Å². The highest BCUT2D eigenvalue weighted by Gasteiger charge is 2.37. The van der Waals surface area contributed by atoms with Gasteiger partial charge in [-0.25, -0.2) is 0 Å². The first-order valence-electron chi connectivity index (χ1n) is 5.82. The van der Waals surface area contributed by atoms with Crippen molar-refractivity contribution in [3.8, 4) is 5.75 Å². The smallest absolute Gasteiger partial charge is 0.125 e. The molecule has 0 aliphatic heterocycles. The molecular formula is C14H21NO. The van der Waals surface area contributed by atoms with Crippen LogP contribution in [0, 0.1) is 13.8 Å². The Morgan fingerprint density at radius 3 is 2.56 bits per heavy atom. The Hall–Kier alpha value is -1.02. The Kier molecular flexibility index (Phi) is 2.50. The van der Waals surface area contributed by atoms with Crippen molar-refractivity contribution >= 4 is 0 Å². The monoisotopic (exact) mass is 219 g/mol. The van der Waals surface area contributed by atoms with Gasteiger partial charge in [-0.2, -0.15) is 0 Å². The lowest BCUT2D eigenvalue weighted by Crippen LogP contribution is -2.14. The van der Waals surface area contributed by atoms with Crippen molar-refractivity contribution in [3.63, 3.8) is 0 Å². The Morgan fingerprint density at radius 2 is 2.00 bits per heavy atom. The third-order valence-electron chi connectivity index (χ3n) is 3.79. The van der Waals surface area contributed by atoms with E-state index in [4.69, 9.17) is 10.5 Å². The summed E-state index contributed by atoms with van der Waals surface area (Å²) in [6.07, 6.45) is 1.02. The Labute approximate surface area is 97.8 Å². The number of hydrogen-bond acceptors (Lipinski definition) is 2. The van der Waals surface area contributed by atoms with E-state index in [2.05, 4.69) is 33.8 Å². The number of nitrogens with two attached hydrogens (primary N) is 1. The summed E-state index contributed by atoms with van der Waals surface area (Å²) >= 11 is 0. The maximum absolute atomic E-state index is 6.24. The average molecular weight is 219 g/mol. The summed E-state index contributed by atoms with van der Waals surface area (Å²) in [7, 11) is 1.73. The van der Waals surface area contributed by atoms with Crippen LogP contribution in [0.2, 0.25) is 0 Å². The van der Waals surface area contributed by atoms with Crippen molar-refractivity contribution in [1.82, 2.24) is 0 Å². The lowest BCUT2D eigenvalue weighted by molar-refractivity contribution is 0.407. The van der Waals surface area contributed by atoms with E-state index >= 15 is 0 Å². The zero-order chi connectivity index (χ0) is 12.1. The van der Waals surface area contributed by atoms with E-state index in [0.29, 0.717) is 0 Å². The molecule has 1 aliphatic carbocycles. The maximum Gasteiger partial charge on any atom is 0.125 e. The van der Waals surface area contributed by atoms with Gasteiger partial charge < -0.3 is 10.5 Å². The highest BCUT2D eigenvalue weighted by Crippen LogP contribution is 2.47. The fraction of sp³-hybridized carbons (Fsp3) is 0.571. The highest BCUT2D eigenvalue weighted by atomic mass is 16.5. The van der Waals surface area contributed by atoms with Gasteiger partial charge in [-0.3, -0.25) is 0 Å². The average Bonchev–Trinajstić information content (AvgIpc) is 2.37. The van der Waals surface area contributed by atoms with E-state index in [-0.39, 0.29) is 11.5 Å². The third-order valence-corrected chi connectivity index (χ3v) is 3.79. The molecule has 88 valence electrons. The van der Waals surface area contributed by atoms with Crippen molar-refractivity contribution in [2.75, 3.05) is 7.11 Å². The Morgan fingerprint density at radius 1 is 1.38 bits per heavy atom. The highest BCUT2D eigenvalue weighted by molar-refractivity contribution is 5.55. The SMILES string of the molecule is COc1c(C)cc2c(c1C)[C@@H](N)CC2(C)C. The summed E-state index contributed by atoms with van der Waals surface area (Å²) in [4.78, 5) is 0. The number of ether oxygens (including phenoxy) is 1. The van der Waals surface area contributed by atoms with E-state index in [1.165, 1.54) is 22.3 Å². The van der Waals surface area contributed by atoms with Gasteiger partial charge in [-0.15, -0.1) is 0 Å². The first-order valence-corrected chi connectivity index (χ1v) is 5.82. The van der Waals surface area contributed by atoms with Crippen molar-refractivity contribution in [3.05, 3.63) is 28.3 Å². The molecular weight excluding hydrogens is 198 g/mol. The second-order valence-corrected chi connectivity index (χ2v) is 5.51. The van der Waals surface area contributed by atoms with E-state index in [9.17, 15) is 0 Å². The molecule has 0 spiro atoms. The van der Waals surface area contributed by atoms with E-state index in [1.807, 2.05) is 0 Å². The molecule has 1 aromatic rings. The van der Waals surface area contributed by atoms with Gasteiger partial charge in [-0.1, -0.05) is 19.9 Å². The van der Waals surface area contributed by atoms with Crippen LogP contribution in [0.1, 0.15) is 48.6 Å². The van der Waals surface area contributed by atoms with Crippen molar-refractivity contribution in [2.45, 2.75) is 45.6 Å². The van der Waals surface area contributed by atoms with Crippen LogP contribution in [0.15, 0.2) is 6.07 Å². The fourth-order valence-corrected chi connectivity index (χ4v) is 3.09. The maximum atomic E-state index is 6.24. The molecule has 2 nitrogen and oxygen atoms in total. The summed E-state index contributed by atoms with van der Waals surface area (Å²) in [5.74, 6) is 0.993. The van der Waals surface area contributed by atoms with Crippen molar-refractivity contribution in [1.29, 1.82) is 0 Å². The molecule has 0 unspecified atom stereocenters. The minimum absolute atomic E-state index is 0.152. The van der Waals surface area contributed by atoms with Crippen molar-refractivity contribution < 1.29 is 4.74 Å². The quantitative estimate of drug-likeness (QED) is 0.788. The Bertz CT molecular complexity index is 435. The van der Waals surface area contributed by atoms with Gasteiger partial charge >= 0.3 is 0 Å². The van der Waals surface area contributed by atoms with Gasteiger partial charge in [0.25, 0.3) is 0 Å². The first kappa shape index (κ1) is 11.5. The van der Waals surface area contributed by atoms with Crippen LogP contribution in [0.25, 0.3) is 0 Å². The van der Waals surface area contributed by atoms with Gasteiger partial charge in [0.1, 0.15) is 5.75 Å². The summed E-state index contributed by atoms with van der Waals surface area (Å²) in [6.45, 7) is 8.76. The normalized spacial score (nSPS) is 22.0. The summed E-state index contributed by atoms with van der Waals surface area (Å²) in [6, 6.07) is 2.40. The van der Waals surface area contributed by atoms with Crippen LogP contribution in [0.3, 0.4) is 0 Å². The lowest BCUT2D eigenvalue weighted by Gasteiger charge is -2.21. The van der Waals surface area contributed by atoms with E-state index < -0.39 is 0 Å². The topological polar surface area (TPSA) is 35.2 Å². The molecule has 1 aromatic carbocycles. The molecule has 0 radical (unpaired) electrons. The molecule has 2 heteroatoms. The molecule has 0 saturated heterocycles. The van der Waals surface area contributed by atoms with Gasteiger partial charge in [-0.05, 0) is 47.9 Å². The van der Waals surface area contributed by atoms with Gasteiger partial charge in [0.15, 0.2) is 0 Å². The summed E-state index contributed by atoms with van der Waals surface area (Å²) < 4.78 is 5.46. The molecule has 1 atom stereocenters. The lowest BCUT2D eigenvalue weighted by atomic mass is 9.85. The predicted molar refractivity (Wildman–Crippen MR) is 67.0 cm³/mol. The van der Waals surface area contributed by atoms with E-state index in [0.717, 1.165) is 12.2 Å². The van der Waals surface area contributed by atoms with Gasteiger partial charge in [0.05, 0.1) is 7.11 Å². The predicted octanol–water partition coefficient (Wildman–Crippen LogP) is 2.99. The van der Waals surface area contributed by atoms with Crippen molar-refractivity contribution in [2.24, 2.45) is 5.73 Å². The van der Waals surface area contributed by atoms with Gasteiger partial charge in [0.2, 0.25) is 0 Å². The van der Waals surface area contributed by atoms with Gasteiger partial charge in [0, 0.05) is 6.04 Å². The largest absolute Gasteiger partial charge is 0.496 e. The molecule has 0 fully saturated rings. The molecule has 1 aliphatic rings. The molecule has 0 bridgehead atoms. The molecule has 2 N–H and O–H groups in total. The third kappa shape index (κ3) is 1.44. The molecule has 16 heavy (non-hydrogen) atoms. The zero-order valence-corrected chi connectivity index (χ0v) is 10.8. The van der Waals surface area contributed by atoms with E-state index in [1.54, 1.807) is 7.11 Å². The number of aryl methyl sites for hydroxylation is 1. The molecule has 0 heterocycles. The summed E-state index contributed by atoms with van der Waals surface area (Å²) in [5.41, 5.74) is 11.6. The number of methoxy groups -OCH3 is 1. The molecule has 0 amide bonds. The number of hydrogen-bond donors (Lipinski definition) is 1. The second-order valence-electron chi connectivity index (χ2n) is 5.51. The fourth-order valence-electron chi connectivity index (χ4n) is 3.09. The standard InChI is InChI=1S/C14H21NO/c1-8-6-10-12(9(2)13(8)16-5)11(15)7-14(10,3)4/h6,11H,7,15H2,1-5H3/t11-/m0/s1. The minimum Gasteiger partial charge on any atom is -0.496 e. The number of benzene rings is 1. The molecule has 2 rings (SSSR count). The van der Waals surface area contributed by atoms with Crippen LogP contribution in [-0.4, -0.2) is 7.11 Å². The van der Waals surface area contributed by atoms with Crippen LogP contribution in [0.4, 0.5) is 0 Å². The minimum atomic E-state index is 0.152. The van der Waals surface area contributed by atoms with Crippen LogP contribution >= 0.6 is 0 Å². The molecule has 0 saturated carbocycles. The molecule has 0 aromatic heterocycles. The zero-order valence-electron chi connectivity index (χ0n) is 10.8. The van der Waals surface area contributed by atoms with Crippen LogP contribution < -0.4 is 10.5 Å². The van der Waals surface area contributed by atoms with Crippen LogP contribution in [0.5, 0.6) is 5.75 Å². The summed E-state index contributed by atoms with van der Waals surface area (Å²) in [5, 5.41) is 0. The second kappa shape index (κ2) is 3.49.